The number of carboxylic acid groups (broad SMARTS) is 1. The molecule has 2 bridgehead atoms. The molecule has 3 aliphatic rings. The third kappa shape index (κ3) is 3.53. The minimum absolute atomic E-state index is 0.0970. The first-order valence-electron chi connectivity index (χ1n) is 9.31. The van der Waals surface area contributed by atoms with Crippen LogP contribution in [0.5, 0.6) is 0 Å². The molecular formula is C20H20Cl2N2O3S. The summed E-state index contributed by atoms with van der Waals surface area (Å²) in [6, 6.07) is 5.21. The zero-order valence-electron chi connectivity index (χ0n) is 15.2. The predicted molar refractivity (Wildman–Crippen MR) is 111 cm³/mol. The smallest absolute Gasteiger partial charge is 0.307 e. The monoisotopic (exact) mass is 438 g/mol. The van der Waals surface area contributed by atoms with E-state index in [1.165, 1.54) is 11.3 Å². The first-order valence-corrected chi connectivity index (χ1v) is 10.9. The number of halogens is 2. The summed E-state index contributed by atoms with van der Waals surface area (Å²) in [5, 5.41) is 14.1. The number of amides is 1. The fourth-order valence-electron chi connectivity index (χ4n) is 4.75. The highest BCUT2D eigenvalue weighted by Gasteiger charge is 2.50. The molecule has 2 aromatic rings. The molecule has 0 radical (unpaired) electrons. The minimum Gasteiger partial charge on any atom is -0.481 e. The Labute approximate surface area is 177 Å². The summed E-state index contributed by atoms with van der Waals surface area (Å²) in [5.74, 6) is -1.95. The second kappa shape index (κ2) is 7.65. The molecule has 5 rings (SSSR count). The summed E-state index contributed by atoms with van der Waals surface area (Å²) in [5.41, 5.74) is 1.45. The Bertz CT molecular complexity index is 938. The number of anilines is 1. The fourth-order valence-corrected chi connectivity index (χ4v) is 6.08. The van der Waals surface area contributed by atoms with Crippen molar-refractivity contribution in [2.45, 2.75) is 32.6 Å². The number of thiazole rings is 1. The molecule has 1 aromatic heterocycles. The molecule has 0 spiro atoms. The van der Waals surface area contributed by atoms with Gasteiger partial charge in [-0.3, -0.25) is 9.59 Å². The molecule has 0 aliphatic heterocycles. The molecule has 0 saturated heterocycles. The molecule has 1 aromatic carbocycles. The zero-order valence-corrected chi connectivity index (χ0v) is 17.6. The first-order chi connectivity index (χ1) is 13.3. The Kier molecular flexibility index (Phi) is 5.38. The number of carboxylic acids is 1. The van der Waals surface area contributed by atoms with Crippen LogP contribution >= 0.6 is 34.5 Å². The number of aryl methyl sites for hydroxylation is 1. The number of nitrogens with zero attached hydrogens (tertiary/aromatic N) is 1. The van der Waals surface area contributed by atoms with Crippen molar-refractivity contribution in [3.63, 3.8) is 0 Å². The molecule has 1 heterocycles. The number of nitrogens with one attached hydrogen (secondary N) is 1. The van der Waals surface area contributed by atoms with Crippen LogP contribution in [0.15, 0.2) is 18.2 Å². The van der Waals surface area contributed by atoms with Gasteiger partial charge in [-0.05, 0) is 62.6 Å². The number of aliphatic carboxylic acids is 1. The van der Waals surface area contributed by atoms with Gasteiger partial charge in [0, 0.05) is 15.5 Å². The number of carbonyl (C=O) groups excluding carboxylic acids is 1. The summed E-state index contributed by atoms with van der Waals surface area (Å²) >= 11 is 13.6. The SMILES string of the molecule is Cc1sc(NC(=O)[C@H]2C3CCC(CC3)[C@H]2C(=O)O)nc1-c1ccc(Cl)cc1Cl. The van der Waals surface area contributed by atoms with Crippen LogP contribution in [0, 0.1) is 30.6 Å². The van der Waals surface area contributed by atoms with E-state index in [9.17, 15) is 14.7 Å². The van der Waals surface area contributed by atoms with Crippen LogP contribution in [0.2, 0.25) is 10.0 Å². The molecule has 0 unspecified atom stereocenters. The lowest BCUT2D eigenvalue weighted by molar-refractivity contribution is -0.156. The lowest BCUT2D eigenvalue weighted by Gasteiger charge is -2.45. The number of fused-ring (bicyclic) bond motifs is 3. The van der Waals surface area contributed by atoms with Gasteiger partial charge in [-0.25, -0.2) is 4.98 Å². The summed E-state index contributed by atoms with van der Waals surface area (Å²) in [6.45, 7) is 1.91. The standard InChI is InChI=1S/C20H20Cl2N2O3S/c1-9-17(13-7-6-12(21)8-14(13)22)23-20(28-9)24-18(25)15-10-2-4-11(5-3-10)16(15)19(26)27/h6-8,10-11,15-16H,2-5H2,1H3,(H,26,27)(H,23,24,25)/t10?,11?,15-,16+/m0/s1. The second-order valence-corrected chi connectivity index (χ2v) is 9.65. The van der Waals surface area contributed by atoms with Crippen LogP contribution in [0.3, 0.4) is 0 Å². The minimum atomic E-state index is -0.862. The van der Waals surface area contributed by atoms with Gasteiger partial charge >= 0.3 is 5.97 Å². The van der Waals surface area contributed by atoms with E-state index in [4.69, 9.17) is 23.2 Å². The summed E-state index contributed by atoms with van der Waals surface area (Å²) < 4.78 is 0. The number of carbonyl (C=O) groups is 2. The van der Waals surface area contributed by atoms with E-state index in [2.05, 4.69) is 10.3 Å². The van der Waals surface area contributed by atoms with E-state index in [1.54, 1.807) is 18.2 Å². The maximum absolute atomic E-state index is 13.0. The van der Waals surface area contributed by atoms with Crippen molar-refractivity contribution in [1.29, 1.82) is 0 Å². The van der Waals surface area contributed by atoms with Gasteiger partial charge in [-0.2, -0.15) is 0 Å². The lowest BCUT2D eigenvalue weighted by atomic mass is 9.58. The van der Waals surface area contributed by atoms with Crippen molar-refractivity contribution in [2.75, 3.05) is 5.32 Å². The number of hydrogen-bond donors (Lipinski definition) is 2. The van der Waals surface area contributed by atoms with Crippen molar-refractivity contribution in [2.24, 2.45) is 23.7 Å². The number of rotatable bonds is 4. The third-order valence-electron chi connectivity index (χ3n) is 6.02. The summed E-state index contributed by atoms with van der Waals surface area (Å²) in [7, 11) is 0. The van der Waals surface area contributed by atoms with Crippen LogP contribution in [-0.2, 0) is 9.59 Å². The van der Waals surface area contributed by atoms with E-state index in [-0.39, 0.29) is 17.7 Å². The molecule has 3 aliphatic carbocycles. The van der Waals surface area contributed by atoms with Crippen molar-refractivity contribution >= 4 is 51.5 Å². The fraction of sp³-hybridized carbons (Fsp3) is 0.450. The maximum Gasteiger partial charge on any atom is 0.307 e. The first kappa shape index (κ1) is 19.7. The van der Waals surface area contributed by atoms with E-state index < -0.39 is 17.8 Å². The van der Waals surface area contributed by atoms with Crippen LogP contribution < -0.4 is 5.32 Å². The maximum atomic E-state index is 13.0. The van der Waals surface area contributed by atoms with Crippen molar-refractivity contribution < 1.29 is 14.7 Å². The molecular weight excluding hydrogens is 419 g/mol. The molecule has 3 fully saturated rings. The molecule has 28 heavy (non-hydrogen) atoms. The van der Waals surface area contributed by atoms with Gasteiger partial charge in [0.2, 0.25) is 5.91 Å². The predicted octanol–water partition coefficient (Wildman–Crippen LogP) is 5.50. The molecule has 2 atom stereocenters. The number of hydrogen-bond acceptors (Lipinski definition) is 4. The Morgan fingerprint density at radius 2 is 1.79 bits per heavy atom. The normalized spacial score (nSPS) is 26.2. The van der Waals surface area contributed by atoms with E-state index >= 15 is 0 Å². The van der Waals surface area contributed by atoms with Gasteiger partial charge in [0.25, 0.3) is 0 Å². The molecule has 3 saturated carbocycles. The van der Waals surface area contributed by atoms with Gasteiger partial charge in [-0.1, -0.05) is 23.2 Å². The summed E-state index contributed by atoms with van der Waals surface area (Å²) in [4.78, 5) is 30.3. The van der Waals surface area contributed by atoms with Crippen molar-refractivity contribution in [1.82, 2.24) is 4.98 Å². The highest BCUT2D eigenvalue weighted by atomic mass is 35.5. The van der Waals surface area contributed by atoms with E-state index in [0.29, 0.717) is 20.9 Å². The topological polar surface area (TPSA) is 79.3 Å². The third-order valence-corrected chi connectivity index (χ3v) is 7.45. The highest BCUT2D eigenvalue weighted by Crippen LogP contribution is 2.49. The quantitative estimate of drug-likeness (QED) is 0.659. The van der Waals surface area contributed by atoms with E-state index in [1.807, 2.05) is 6.92 Å². The Morgan fingerprint density at radius 3 is 2.39 bits per heavy atom. The number of benzene rings is 1. The van der Waals surface area contributed by atoms with Crippen molar-refractivity contribution in [3.05, 3.63) is 33.1 Å². The zero-order chi connectivity index (χ0) is 20.0. The molecule has 5 nitrogen and oxygen atoms in total. The molecule has 1 amide bonds. The van der Waals surface area contributed by atoms with Crippen LogP contribution in [0.1, 0.15) is 30.6 Å². The van der Waals surface area contributed by atoms with Crippen LogP contribution in [-0.4, -0.2) is 22.0 Å². The molecule has 148 valence electrons. The largest absolute Gasteiger partial charge is 0.481 e. The molecule has 8 heteroatoms. The Balaban J connectivity index is 1.58. The van der Waals surface area contributed by atoms with Gasteiger partial charge in [-0.15, -0.1) is 11.3 Å². The van der Waals surface area contributed by atoms with E-state index in [0.717, 1.165) is 36.1 Å². The molecule has 2 N–H and O–H groups in total. The average Bonchev–Trinajstić information content (AvgIpc) is 3.01. The average molecular weight is 439 g/mol. The highest BCUT2D eigenvalue weighted by molar-refractivity contribution is 7.16. The van der Waals surface area contributed by atoms with Gasteiger partial charge < -0.3 is 10.4 Å². The lowest BCUT2D eigenvalue weighted by Crippen LogP contribution is -2.49. The van der Waals surface area contributed by atoms with Crippen molar-refractivity contribution in [3.8, 4) is 11.3 Å². The Morgan fingerprint density at radius 1 is 1.14 bits per heavy atom. The van der Waals surface area contributed by atoms with Crippen LogP contribution in [0.25, 0.3) is 11.3 Å². The number of aromatic nitrogens is 1. The van der Waals surface area contributed by atoms with Gasteiger partial charge in [0.1, 0.15) is 0 Å². The van der Waals surface area contributed by atoms with Crippen LogP contribution in [0.4, 0.5) is 5.13 Å². The van der Waals surface area contributed by atoms with Gasteiger partial charge in [0.15, 0.2) is 5.13 Å². The van der Waals surface area contributed by atoms with Gasteiger partial charge in [0.05, 0.1) is 22.6 Å². The summed E-state index contributed by atoms with van der Waals surface area (Å²) in [6.07, 6.45) is 3.66. The Hall–Kier alpha value is -1.63. The second-order valence-electron chi connectivity index (χ2n) is 7.60.